The smallest absolute Gasteiger partial charge is 0.411 e. The maximum Gasteiger partial charge on any atom is 0.411 e. The second kappa shape index (κ2) is 15.9. The number of nitrogen functional groups attached to an aromatic ring is 1. The van der Waals surface area contributed by atoms with Crippen molar-refractivity contribution in [2.24, 2.45) is 11.8 Å². The third kappa shape index (κ3) is 9.77. The molecule has 1 heterocycles. The van der Waals surface area contributed by atoms with Gasteiger partial charge in [0, 0.05) is 29.9 Å². The molecule has 2 fully saturated rings. The molecule has 0 bridgehead atoms. The highest BCUT2D eigenvalue weighted by Gasteiger charge is 2.25. The number of fused-ring (bicyclic) bond motifs is 1. The molecule has 2 aliphatic rings. The number of hydrogen-bond donors (Lipinski definition) is 4. The van der Waals surface area contributed by atoms with Gasteiger partial charge in [-0.05, 0) is 73.9 Å². The summed E-state index contributed by atoms with van der Waals surface area (Å²) in [5.74, 6) is 2.60. The number of carbonyl (C=O) groups is 2. The van der Waals surface area contributed by atoms with Crippen LogP contribution in [0.4, 0.5) is 32.3 Å². The lowest BCUT2D eigenvalue weighted by Gasteiger charge is -2.26. The van der Waals surface area contributed by atoms with Crippen LogP contribution < -0.4 is 21.7 Å². The van der Waals surface area contributed by atoms with Gasteiger partial charge in [0.25, 0.3) is 0 Å². The highest BCUT2D eigenvalue weighted by atomic mass is 16.5. The number of nitrogens with one attached hydrogen (secondary N) is 3. The van der Waals surface area contributed by atoms with E-state index in [1.807, 2.05) is 24.3 Å². The number of ether oxygens (including phenoxy) is 2. The zero-order valence-corrected chi connectivity index (χ0v) is 27.7. The van der Waals surface area contributed by atoms with Crippen LogP contribution in [0.1, 0.15) is 90.8 Å². The summed E-state index contributed by atoms with van der Waals surface area (Å²) in [4.78, 5) is 27.5. The van der Waals surface area contributed by atoms with Gasteiger partial charge in [0.15, 0.2) is 0 Å². The van der Waals surface area contributed by atoms with Crippen molar-refractivity contribution >= 4 is 46.0 Å². The molecule has 2 saturated carbocycles. The Morgan fingerprint density at radius 2 is 1.40 bits per heavy atom. The number of rotatable bonds is 7. The van der Waals surface area contributed by atoms with E-state index in [0.717, 1.165) is 47.5 Å². The predicted octanol–water partition coefficient (Wildman–Crippen LogP) is 8.53. The fourth-order valence-corrected chi connectivity index (χ4v) is 6.38. The molecule has 0 saturated heterocycles. The monoisotopic (exact) mass is 620 g/mol. The number of nitrogens with two attached hydrogens (primary N) is 1. The van der Waals surface area contributed by atoms with E-state index in [-0.39, 0.29) is 5.41 Å². The lowest BCUT2D eigenvalue weighted by Crippen LogP contribution is -2.22. The van der Waals surface area contributed by atoms with E-state index in [1.165, 1.54) is 78.4 Å². The van der Waals surface area contributed by atoms with Gasteiger partial charge in [-0.15, -0.1) is 0 Å². The van der Waals surface area contributed by atoms with Gasteiger partial charge in [0.05, 0.1) is 36.6 Å². The second-order valence-electron chi connectivity index (χ2n) is 13.4. The van der Waals surface area contributed by atoms with Crippen molar-refractivity contribution in [3.63, 3.8) is 0 Å². The molecule has 246 valence electrons. The van der Waals surface area contributed by atoms with Crippen LogP contribution in [-0.4, -0.2) is 42.5 Å². The Bertz CT molecular complexity index is 1420. The van der Waals surface area contributed by atoms with Gasteiger partial charge in [-0.2, -0.15) is 0 Å². The molecule has 5 rings (SSSR count). The van der Waals surface area contributed by atoms with Gasteiger partial charge in [-0.3, -0.25) is 10.6 Å². The minimum absolute atomic E-state index is 0.0242. The van der Waals surface area contributed by atoms with E-state index in [4.69, 9.17) is 10.7 Å². The lowest BCUT2D eigenvalue weighted by atomic mass is 9.88. The van der Waals surface area contributed by atoms with E-state index in [2.05, 4.69) is 56.8 Å². The van der Waals surface area contributed by atoms with Gasteiger partial charge in [0.2, 0.25) is 0 Å². The first-order valence-corrected chi connectivity index (χ1v) is 16.4. The molecule has 2 amide bonds. The number of hydrogen-bond acceptors (Lipinski definition) is 7. The molecule has 0 unspecified atom stereocenters. The number of carbonyl (C=O) groups excluding carboxylic acids is 2. The number of amides is 2. The number of aromatic nitrogens is 2. The number of imidazole rings is 1. The molecule has 0 radical (unpaired) electrons. The van der Waals surface area contributed by atoms with Crippen molar-refractivity contribution in [1.82, 2.24) is 9.55 Å². The molecule has 0 aliphatic heterocycles. The van der Waals surface area contributed by atoms with Gasteiger partial charge < -0.3 is 25.1 Å². The number of anilines is 4. The van der Waals surface area contributed by atoms with Crippen molar-refractivity contribution in [2.75, 3.05) is 42.4 Å². The number of methoxy groups -OCH3 is 2. The van der Waals surface area contributed by atoms with Crippen LogP contribution in [0.3, 0.4) is 0 Å². The molecule has 45 heavy (non-hydrogen) atoms. The fourth-order valence-electron chi connectivity index (χ4n) is 6.38. The molecule has 0 atom stereocenters. The summed E-state index contributed by atoms with van der Waals surface area (Å²) in [7, 11) is 2.70. The minimum atomic E-state index is -0.493. The summed E-state index contributed by atoms with van der Waals surface area (Å²) in [5, 5.41) is 8.73. The first kappa shape index (κ1) is 33.9. The van der Waals surface area contributed by atoms with E-state index in [0.29, 0.717) is 17.1 Å². The third-order valence-electron chi connectivity index (χ3n) is 8.81. The minimum Gasteiger partial charge on any atom is -0.453 e. The molecule has 1 aromatic heterocycles. The lowest BCUT2D eigenvalue weighted by molar-refractivity contribution is 0.186. The van der Waals surface area contributed by atoms with E-state index in [9.17, 15) is 9.59 Å². The number of benzene rings is 2. The van der Waals surface area contributed by atoms with E-state index in [1.54, 1.807) is 6.07 Å². The molecular weight excluding hydrogens is 568 g/mol. The summed E-state index contributed by atoms with van der Waals surface area (Å²) < 4.78 is 11.6. The summed E-state index contributed by atoms with van der Waals surface area (Å²) >= 11 is 0. The molecule has 10 nitrogen and oxygen atoms in total. The zero-order chi connectivity index (χ0) is 32.4. The summed E-state index contributed by atoms with van der Waals surface area (Å²) in [6.07, 6.45) is 12.4. The fraction of sp³-hybridized carbons (Fsp3) is 0.571. The van der Waals surface area contributed by atoms with Gasteiger partial charge in [-0.1, -0.05) is 59.3 Å². The van der Waals surface area contributed by atoms with Crippen LogP contribution in [0.25, 0.3) is 11.0 Å². The van der Waals surface area contributed by atoms with E-state index < -0.39 is 12.2 Å². The second-order valence-corrected chi connectivity index (χ2v) is 13.4. The topological polar surface area (TPSA) is 133 Å². The van der Waals surface area contributed by atoms with Gasteiger partial charge in [-0.25, -0.2) is 14.6 Å². The van der Waals surface area contributed by atoms with Gasteiger partial charge >= 0.3 is 12.2 Å². The normalized spacial score (nSPS) is 15.9. The number of nitrogens with zero attached hydrogens (tertiary/aromatic N) is 2. The molecule has 5 N–H and O–H groups in total. The molecule has 10 heteroatoms. The highest BCUT2D eigenvalue weighted by molar-refractivity contribution is 5.89. The standard InChI is InChI=1S/C20H29N3O2.C15H23N3O2/c1-20(2,3)18-22-16-12-15(21-19(24)25-4)10-11-17(16)23(18)13-14-8-6-5-7-9-14;1-20-15(19)18-12-7-8-14(13(16)9-12)17-10-11-5-3-2-4-6-11/h10-12,14H,5-9,13H2,1-4H3,(H,21,24);7-9,11,17H,2-6,10,16H2,1H3,(H,18,19). The summed E-state index contributed by atoms with van der Waals surface area (Å²) in [5.41, 5.74) is 10.9. The van der Waals surface area contributed by atoms with Crippen molar-refractivity contribution in [3.05, 3.63) is 42.2 Å². The Balaban J connectivity index is 0.000000210. The van der Waals surface area contributed by atoms with Crippen LogP contribution in [0.15, 0.2) is 36.4 Å². The molecule has 3 aromatic rings. The van der Waals surface area contributed by atoms with Crippen LogP contribution in [0, 0.1) is 11.8 Å². The van der Waals surface area contributed by atoms with Crippen LogP contribution in [-0.2, 0) is 21.4 Å². The summed E-state index contributed by atoms with van der Waals surface area (Å²) in [6.45, 7) is 8.62. The van der Waals surface area contributed by atoms with Crippen molar-refractivity contribution < 1.29 is 19.1 Å². The third-order valence-corrected chi connectivity index (χ3v) is 8.81. The first-order valence-electron chi connectivity index (χ1n) is 16.4. The Hall–Kier alpha value is -3.95. The highest BCUT2D eigenvalue weighted by Crippen LogP contribution is 2.32. The molecule has 2 aliphatic carbocycles. The van der Waals surface area contributed by atoms with Crippen LogP contribution in [0.5, 0.6) is 0 Å². The maximum atomic E-state index is 11.5. The Kier molecular flexibility index (Phi) is 12.0. The Labute approximate surface area is 267 Å². The predicted molar refractivity (Wildman–Crippen MR) is 183 cm³/mol. The maximum absolute atomic E-state index is 11.5. The molecular formula is C35H52N6O4. The zero-order valence-electron chi connectivity index (χ0n) is 27.7. The average Bonchev–Trinajstić information content (AvgIpc) is 3.40. The first-order chi connectivity index (χ1) is 21.6. The van der Waals surface area contributed by atoms with Crippen LogP contribution in [0.2, 0.25) is 0 Å². The Morgan fingerprint density at radius 3 is 1.96 bits per heavy atom. The van der Waals surface area contributed by atoms with Crippen LogP contribution >= 0.6 is 0 Å². The van der Waals surface area contributed by atoms with Crippen molar-refractivity contribution in [3.8, 4) is 0 Å². The van der Waals surface area contributed by atoms with Crippen molar-refractivity contribution in [1.29, 1.82) is 0 Å². The van der Waals surface area contributed by atoms with E-state index >= 15 is 0 Å². The van der Waals surface area contributed by atoms with Gasteiger partial charge in [0.1, 0.15) is 5.82 Å². The average molecular weight is 621 g/mol. The summed E-state index contributed by atoms with van der Waals surface area (Å²) in [6, 6.07) is 11.4. The van der Waals surface area contributed by atoms with Crippen molar-refractivity contribution in [2.45, 2.75) is 96.9 Å². The SMILES string of the molecule is COC(=O)Nc1ccc(NCC2CCCCC2)c(N)c1.COC(=O)Nc1ccc2c(c1)nc(C(C)(C)C)n2CC1CCCCC1. The largest absolute Gasteiger partial charge is 0.453 e. The Morgan fingerprint density at radius 1 is 0.844 bits per heavy atom. The molecule has 2 aromatic carbocycles. The quantitative estimate of drug-likeness (QED) is 0.195. The molecule has 0 spiro atoms.